The molecule has 0 aliphatic heterocycles. The van der Waals surface area contributed by atoms with Crippen molar-refractivity contribution in [2.75, 3.05) is 30.9 Å². The Balaban J connectivity index is 1.95. The predicted octanol–water partition coefficient (Wildman–Crippen LogP) is 3.15. The van der Waals surface area contributed by atoms with Crippen molar-refractivity contribution in [1.82, 2.24) is 4.98 Å². The van der Waals surface area contributed by atoms with Crippen LogP contribution in [0.25, 0.3) is 0 Å². The first-order valence-corrected chi connectivity index (χ1v) is 7.24. The molecule has 1 aromatic carbocycles. The van der Waals surface area contributed by atoms with Gasteiger partial charge in [0.15, 0.2) is 0 Å². The van der Waals surface area contributed by atoms with E-state index in [1.807, 2.05) is 18.2 Å². The third-order valence-electron chi connectivity index (χ3n) is 2.72. The maximum Gasteiger partial charge on any atom is 0.255 e. The van der Waals surface area contributed by atoms with Gasteiger partial charge < -0.3 is 15.4 Å². The number of halogens is 1. The summed E-state index contributed by atoms with van der Waals surface area (Å²) >= 11 is 3.34. The van der Waals surface area contributed by atoms with E-state index in [1.54, 1.807) is 31.5 Å². The lowest BCUT2D eigenvalue weighted by Crippen LogP contribution is -2.12. The second-order valence-corrected chi connectivity index (χ2v) is 5.23. The van der Waals surface area contributed by atoms with Gasteiger partial charge in [0.1, 0.15) is 5.82 Å². The molecule has 0 saturated heterocycles. The number of hydrogen-bond acceptors (Lipinski definition) is 4. The van der Waals surface area contributed by atoms with Gasteiger partial charge in [0.05, 0.1) is 18.5 Å². The maximum atomic E-state index is 12.1. The van der Waals surface area contributed by atoms with Crippen molar-refractivity contribution in [3.63, 3.8) is 0 Å². The van der Waals surface area contributed by atoms with Crippen molar-refractivity contribution >= 4 is 33.3 Å². The molecule has 1 heterocycles. The average Bonchev–Trinajstić information content (AvgIpc) is 2.49. The minimum atomic E-state index is -0.168. The summed E-state index contributed by atoms with van der Waals surface area (Å²) in [7, 11) is 1.65. The highest BCUT2D eigenvalue weighted by atomic mass is 79.9. The van der Waals surface area contributed by atoms with Crippen molar-refractivity contribution in [2.24, 2.45) is 0 Å². The molecule has 0 spiro atoms. The van der Waals surface area contributed by atoms with E-state index in [0.29, 0.717) is 24.4 Å². The number of aromatic nitrogens is 1. The molecular weight excluding hydrogens is 334 g/mol. The number of methoxy groups -OCH3 is 1. The Labute approximate surface area is 131 Å². The highest BCUT2D eigenvalue weighted by Crippen LogP contribution is 2.14. The minimum Gasteiger partial charge on any atom is -0.383 e. The molecule has 2 N–H and O–H groups in total. The number of anilines is 2. The zero-order valence-corrected chi connectivity index (χ0v) is 13.2. The lowest BCUT2D eigenvalue weighted by Gasteiger charge is -2.07. The summed E-state index contributed by atoms with van der Waals surface area (Å²) in [6, 6.07) is 10.8. The SMILES string of the molecule is COCCNc1ccc(NC(=O)c2cccc(Br)c2)cn1. The molecule has 0 bridgehead atoms. The number of carbonyl (C=O) groups is 1. The predicted molar refractivity (Wildman–Crippen MR) is 86.7 cm³/mol. The summed E-state index contributed by atoms with van der Waals surface area (Å²) in [5, 5.41) is 5.92. The summed E-state index contributed by atoms with van der Waals surface area (Å²) in [5.74, 6) is 0.575. The van der Waals surface area contributed by atoms with E-state index < -0.39 is 0 Å². The summed E-state index contributed by atoms with van der Waals surface area (Å²) in [6.45, 7) is 1.30. The molecule has 5 nitrogen and oxygen atoms in total. The number of pyridine rings is 1. The van der Waals surface area contributed by atoms with Gasteiger partial charge >= 0.3 is 0 Å². The smallest absolute Gasteiger partial charge is 0.255 e. The first-order chi connectivity index (χ1) is 10.2. The molecule has 0 radical (unpaired) electrons. The Kier molecular flexibility index (Phi) is 5.71. The number of carbonyl (C=O) groups excluding carboxylic acids is 1. The zero-order chi connectivity index (χ0) is 15.1. The standard InChI is InChI=1S/C15H16BrN3O2/c1-21-8-7-17-14-6-5-13(10-18-14)19-15(20)11-3-2-4-12(16)9-11/h2-6,9-10H,7-8H2,1H3,(H,17,18)(H,19,20). The monoisotopic (exact) mass is 349 g/mol. The number of nitrogens with zero attached hydrogens (tertiary/aromatic N) is 1. The van der Waals surface area contributed by atoms with Gasteiger partial charge in [0.2, 0.25) is 0 Å². The molecule has 0 saturated carbocycles. The van der Waals surface area contributed by atoms with Gasteiger partial charge in [-0.25, -0.2) is 4.98 Å². The second kappa shape index (κ2) is 7.75. The van der Waals surface area contributed by atoms with Gasteiger partial charge in [0, 0.05) is 23.7 Å². The molecule has 0 aliphatic rings. The van der Waals surface area contributed by atoms with Crippen LogP contribution in [0.15, 0.2) is 47.1 Å². The van der Waals surface area contributed by atoms with Gasteiger partial charge in [-0.3, -0.25) is 4.79 Å². The molecule has 6 heteroatoms. The normalized spacial score (nSPS) is 10.2. The zero-order valence-electron chi connectivity index (χ0n) is 11.6. The van der Waals surface area contributed by atoms with Crippen LogP contribution in [0.4, 0.5) is 11.5 Å². The van der Waals surface area contributed by atoms with E-state index in [9.17, 15) is 4.79 Å². The fraction of sp³-hybridized carbons (Fsp3) is 0.200. The van der Waals surface area contributed by atoms with Crippen LogP contribution < -0.4 is 10.6 Å². The Morgan fingerprint density at radius 2 is 2.19 bits per heavy atom. The van der Waals surface area contributed by atoms with E-state index in [-0.39, 0.29) is 5.91 Å². The lowest BCUT2D eigenvalue weighted by molar-refractivity contribution is 0.102. The third-order valence-corrected chi connectivity index (χ3v) is 3.21. The quantitative estimate of drug-likeness (QED) is 0.786. The first-order valence-electron chi connectivity index (χ1n) is 6.45. The first kappa shape index (κ1) is 15.5. The van der Waals surface area contributed by atoms with Crippen molar-refractivity contribution < 1.29 is 9.53 Å². The summed E-state index contributed by atoms with van der Waals surface area (Å²) < 4.78 is 5.81. The van der Waals surface area contributed by atoms with Crippen LogP contribution in [-0.4, -0.2) is 31.2 Å². The molecule has 0 atom stereocenters. The van der Waals surface area contributed by atoms with Crippen molar-refractivity contribution in [3.05, 3.63) is 52.6 Å². The summed E-state index contributed by atoms with van der Waals surface area (Å²) in [5.41, 5.74) is 1.24. The Morgan fingerprint density at radius 1 is 1.33 bits per heavy atom. The molecule has 0 fully saturated rings. The molecule has 110 valence electrons. The number of amides is 1. The van der Waals surface area contributed by atoms with E-state index in [1.165, 1.54) is 0 Å². The fourth-order valence-electron chi connectivity index (χ4n) is 1.69. The van der Waals surface area contributed by atoms with Crippen LogP contribution in [0.5, 0.6) is 0 Å². The van der Waals surface area contributed by atoms with Gasteiger partial charge in [-0.1, -0.05) is 22.0 Å². The van der Waals surface area contributed by atoms with Crippen LogP contribution in [0, 0.1) is 0 Å². The summed E-state index contributed by atoms with van der Waals surface area (Å²) in [6.07, 6.45) is 1.62. The Bertz CT molecular complexity index is 602. The van der Waals surface area contributed by atoms with E-state index in [4.69, 9.17) is 4.74 Å². The number of ether oxygens (including phenoxy) is 1. The van der Waals surface area contributed by atoms with Gasteiger partial charge in [-0.2, -0.15) is 0 Å². The number of benzene rings is 1. The summed E-state index contributed by atoms with van der Waals surface area (Å²) in [4.78, 5) is 16.3. The van der Waals surface area contributed by atoms with Gasteiger partial charge in [-0.05, 0) is 30.3 Å². The highest BCUT2D eigenvalue weighted by Gasteiger charge is 2.06. The number of hydrogen-bond donors (Lipinski definition) is 2. The second-order valence-electron chi connectivity index (χ2n) is 4.32. The van der Waals surface area contributed by atoms with Gasteiger partial charge in [-0.15, -0.1) is 0 Å². The molecule has 21 heavy (non-hydrogen) atoms. The van der Waals surface area contributed by atoms with Crippen LogP contribution >= 0.6 is 15.9 Å². The van der Waals surface area contributed by atoms with Crippen LogP contribution in [0.2, 0.25) is 0 Å². The van der Waals surface area contributed by atoms with Crippen LogP contribution in [-0.2, 0) is 4.74 Å². The minimum absolute atomic E-state index is 0.168. The van der Waals surface area contributed by atoms with Crippen molar-refractivity contribution in [3.8, 4) is 0 Å². The van der Waals surface area contributed by atoms with Gasteiger partial charge in [0.25, 0.3) is 5.91 Å². The van der Waals surface area contributed by atoms with Crippen molar-refractivity contribution in [2.45, 2.75) is 0 Å². The van der Waals surface area contributed by atoms with E-state index in [2.05, 4.69) is 31.5 Å². The highest BCUT2D eigenvalue weighted by molar-refractivity contribution is 9.10. The Morgan fingerprint density at radius 3 is 2.86 bits per heavy atom. The number of rotatable bonds is 6. The Hall–Kier alpha value is -1.92. The van der Waals surface area contributed by atoms with E-state index >= 15 is 0 Å². The van der Waals surface area contributed by atoms with Crippen LogP contribution in [0.3, 0.4) is 0 Å². The molecule has 2 rings (SSSR count). The molecular formula is C15H16BrN3O2. The average molecular weight is 350 g/mol. The molecule has 0 unspecified atom stereocenters. The molecule has 2 aromatic rings. The number of nitrogens with one attached hydrogen (secondary N) is 2. The van der Waals surface area contributed by atoms with Crippen LogP contribution in [0.1, 0.15) is 10.4 Å². The largest absolute Gasteiger partial charge is 0.383 e. The molecule has 1 amide bonds. The van der Waals surface area contributed by atoms with E-state index in [0.717, 1.165) is 10.3 Å². The maximum absolute atomic E-state index is 12.1. The topological polar surface area (TPSA) is 63.2 Å². The molecule has 1 aromatic heterocycles. The van der Waals surface area contributed by atoms with Crippen molar-refractivity contribution in [1.29, 1.82) is 0 Å². The fourth-order valence-corrected chi connectivity index (χ4v) is 2.09. The lowest BCUT2D eigenvalue weighted by atomic mass is 10.2. The third kappa shape index (κ3) is 4.84. The molecule has 0 aliphatic carbocycles.